The molecular weight excluding hydrogens is 330 g/mol. The van der Waals surface area contributed by atoms with Gasteiger partial charge in [0.05, 0.1) is 0 Å². The molecule has 3 rings (SSSR count). The van der Waals surface area contributed by atoms with E-state index in [-0.39, 0.29) is 24.5 Å². The first kappa shape index (κ1) is 18.2. The van der Waals surface area contributed by atoms with Crippen LogP contribution >= 0.6 is 12.4 Å². The molecule has 1 atom stereocenters. The molecule has 1 heterocycles. The van der Waals surface area contributed by atoms with E-state index >= 15 is 0 Å². The summed E-state index contributed by atoms with van der Waals surface area (Å²) in [6.45, 7) is 2.05. The van der Waals surface area contributed by atoms with Crippen LogP contribution in [-0.4, -0.2) is 35.3 Å². The zero-order valence-electron chi connectivity index (χ0n) is 13.7. The van der Waals surface area contributed by atoms with Gasteiger partial charge in [-0.25, -0.2) is 4.79 Å². The van der Waals surface area contributed by atoms with Gasteiger partial charge in [-0.1, -0.05) is 11.2 Å². The van der Waals surface area contributed by atoms with Crippen molar-refractivity contribution in [2.45, 2.75) is 38.3 Å². The molecule has 2 amide bonds. The van der Waals surface area contributed by atoms with Gasteiger partial charge in [-0.05, 0) is 45.0 Å². The lowest BCUT2D eigenvalue weighted by Gasteiger charge is -2.07. The van der Waals surface area contributed by atoms with Crippen LogP contribution < -0.4 is 16.0 Å². The molecule has 1 aromatic carbocycles. The van der Waals surface area contributed by atoms with E-state index in [0.29, 0.717) is 29.9 Å². The summed E-state index contributed by atoms with van der Waals surface area (Å²) in [6, 6.07) is 7.80. The number of halogens is 1. The van der Waals surface area contributed by atoms with Gasteiger partial charge in [0.15, 0.2) is 5.82 Å². The third-order valence-corrected chi connectivity index (χ3v) is 3.73. The number of carbonyl (C=O) groups excluding carboxylic acids is 1. The smallest absolute Gasteiger partial charge is 0.319 e. The Kier molecular flexibility index (Phi) is 6.16. The van der Waals surface area contributed by atoms with Crippen molar-refractivity contribution in [2.24, 2.45) is 0 Å². The topological polar surface area (TPSA) is 92.1 Å². The lowest BCUT2D eigenvalue weighted by atomic mass is 10.2. The Balaban J connectivity index is 0.00000208. The molecule has 1 aliphatic carbocycles. The highest BCUT2D eigenvalue weighted by molar-refractivity contribution is 5.90. The van der Waals surface area contributed by atoms with E-state index in [0.717, 1.165) is 18.4 Å². The minimum Gasteiger partial charge on any atom is -0.335 e. The van der Waals surface area contributed by atoms with Crippen LogP contribution in [0.5, 0.6) is 0 Å². The number of hydrogen-bond acceptors (Lipinski definition) is 5. The molecule has 2 aromatic rings. The Hall–Kier alpha value is -2.12. The highest BCUT2D eigenvalue weighted by atomic mass is 35.5. The van der Waals surface area contributed by atoms with E-state index in [2.05, 4.69) is 33.0 Å². The number of anilines is 1. The highest BCUT2D eigenvalue weighted by Crippen LogP contribution is 2.22. The van der Waals surface area contributed by atoms with Crippen LogP contribution in [0.15, 0.2) is 28.8 Å². The fourth-order valence-electron chi connectivity index (χ4n) is 2.14. The molecule has 24 heavy (non-hydrogen) atoms. The first-order valence-corrected chi connectivity index (χ1v) is 7.82. The zero-order chi connectivity index (χ0) is 16.2. The van der Waals surface area contributed by atoms with Crippen LogP contribution in [-0.2, 0) is 6.42 Å². The summed E-state index contributed by atoms with van der Waals surface area (Å²) in [5.74, 6) is 1.11. The fourth-order valence-corrected chi connectivity index (χ4v) is 2.14. The molecule has 1 aromatic heterocycles. The first-order valence-electron chi connectivity index (χ1n) is 7.82. The Labute approximate surface area is 147 Å². The van der Waals surface area contributed by atoms with Crippen molar-refractivity contribution in [1.82, 2.24) is 20.8 Å². The number of aromatic nitrogens is 2. The van der Waals surface area contributed by atoms with E-state index < -0.39 is 0 Å². The third kappa shape index (κ3) is 4.94. The number of urea groups is 1. The maximum atomic E-state index is 11.8. The van der Waals surface area contributed by atoms with Gasteiger partial charge >= 0.3 is 6.03 Å². The Morgan fingerprint density at radius 3 is 2.92 bits per heavy atom. The molecule has 0 aliphatic heterocycles. The Bertz CT molecular complexity index is 687. The summed E-state index contributed by atoms with van der Waals surface area (Å²) >= 11 is 0. The SMILES string of the molecule is CNC(C)Cc1noc(-c2cccc(NC(=O)NC3CC3)c2)n1.Cl. The van der Waals surface area contributed by atoms with E-state index in [9.17, 15) is 4.79 Å². The van der Waals surface area contributed by atoms with Gasteiger partial charge in [-0.15, -0.1) is 12.4 Å². The molecule has 0 saturated heterocycles. The molecule has 1 saturated carbocycles. The number of benzene rings is 1. The first-order chi connectivity index (χ1) is 11.1. The van der Waals surface area contributed by atoms with Crippen molar-refractivity contribution in [1.29, 1.82) is 0 Å². The average Bonchev–Trinajstić information content (AvgIpc) is 3.22. The minimum absolute atomic E-state index is 0. The standard InChI is InChI=1S/C16H21N5O2.ClH/c1-10(17-2)8-14-20-15(23-21-14)11-4-3-5-13(9-11)19-16(22)18-12-6-7-12;/h3-5,9-10,12,17H,6-8H2,1-2H3,(H2,18,19,22);1H. The van der Waals surface area contributed by atoms with Crippen molar-refractivity contribution in [3.8, 4) is 11.5 Å². The van der Waals surface area contributed by atoms with Crippen LogP contribution in [0.1, 0.15) is 25.6 Å². The number of nitrogens with zero attached hydrogens (tertiary/aromatic N) is 2. The van der Waals surface area contributed by atoms with Crippen LogP contribution in [0.3, 0.4) is 0 Å². The van der Waals surface area contributed by atoms with Crippen molar-refractivity contribution in [3.63, 3.8) is 0 Å². The highest BCUT2D eigenvalue weighted by Gasteiger charge is 2.23. The second kappa shape index (κ2) is 8.12. The van der Waals surface area contributed by atoms with Crippen LogP contribution in [0.2, 0.25) is 0 Å². The molecular formula is C16H22ClN5O2. The number of carbonyl (C=O) groups is 1. The monoisotopic (exact) mass is 351 g/mol. The lowest BCUT2D eigenvalue weighted by molar-refractivity contribution is 0.251. The van der Waals surface area contributed by atoms with Crippen molar-refractivity contribution >= 4 is 24.1 Å². The van der Waals surface area contributed by atoms with E-state index in [1.165, 1.54) is 0 Å². The molecule has 0 spiro atoms. The number of rotatable bonds is 6. The van der Waals surface area contributed by atoms with Crippen LogP contribution in [0.25, 0.3) is 11.5 Å². The summed E-state index contributed by atoms with van der Waals surface area (Å²) in [4.78, 5) is 16.2. The molecule has 1 unspecified atom stereocenters. The second-order valence-corrected chi connectivity index (χ2v) is 5.86. The molecule has 3 N–H and O–H groups in total. The van der Waals surface area contributed by atoms with Gasteiger partial charge in [0.1, 0.15) is 0 Å². The van der Waals surface area contributed by atoms with E-state index in [4.69, 9.17) is 4.52 Å². The predicted molar refractivity (Wildman–Crippen MR) is 94.4 cm³/mol. The van der Waals surface area contributed by atoms with Gasteiger partial charge in [-0.2, -0.15) is 4.98 Å². The van der Waals surface area contributed by atoms with Crippen molar-refractivity contribution in [2.75, 3.05) is 12.4 Å². The largest absolute Gasteiger partial charge is 0.335 e. The fraction of sp³-hybridized carbons (Fsp3) is 0.438. The summed E-state index contributed by atoms with van der Waals surface area (Å²) in [7, 11) is 1.90. The zero-order valence-corrected chi connectivity index (χ0v) is 14.5. The van der Waals surface area contributed by atoms with Gasteiger partial charge in [0.2, 0.25) is 0 Å². The number of nitrogens with one attached hydrogen (secondary N) is 3. The van der Waals surface area contributed by atoms with Crippen LogP contribution in [0, 0.1) is 0 Å². The lowest BCUT2D eigenvalue weighted by Crippen LogP contribution is -2.30. The summed E-state index contributed by atoms with van der Waals surface area (Å²) < 4.78 is 5.31. The predicted octanol–water partition coefficient (Wildman–Crippen LogP) is 2.59. The quantitative estimate of drug-likeness (QED) is 0.744. The molecule has 0 bridgehead atoms. The van der Waals surface area contributed by atoms with E-state index in [1.807, 2.05) is 31.3 Å². The number of hydrogen-bond donors (Lipinski definition) is 3. The van der Waals surface area contributed by atoms with E-state index in [1.54, 1.807) is 0 Å². The second-order valence-electron chi connectivity index (χ2n) is 5.86. The number of likely N-dealkylation sites (N-methyl/N-ethyl adjacent to an activating group) is 1. The normalized spacial score (nSPS) is 14.6. The summed E-state index contributed by atoms with van der Waals surface area (Å²) in [6.07, 6.45) is 2.81. The van der Waals surface area contributed by atoms with Gasteiger partial charge in [0, 0.05) is 29.8 Å². The maximum absolute atomic E-state index is 11.8. The summed E-state index contributed by atoms with van der Waals surface area (Å²) in [5, 5.41) is 12.8. The van der Waals surface area contributed by atoms with Gasteiger partial charge in [-0.3, -0.25) is 0 Å². The summed E-state index contributed by atoms with van der Waals surface area (Å²) in [5.41, 5.74) is 1.48. The van der Waals surface area contributed by atoms with Crippen molar-refractivity contribution in [3.05, 3.63) is 30.1 Å². The molecule has 8 heteroatoms. The number of amides is 2. The minimum atomic E-state index is -0.182. The van der Waals surface area contributed by atoms with Gasteiger partial charge in [0.25, 0.3) is 5.89 Å². The Morgan fingerprint density at radius 2 is 2.21 bits per heavy atom. The average molecular weight is 352 g/mol. The van der Waals surface area contributed by atoms with Gasteiger partial charge < -0.3 is 20.5 Å². The third-order valence-electron chi connectivity index (χ3n) is 3.73. The maximum Gasteiger partial charge on any atom is 0.319 e. The molecule has 1 aliphatic rings. The molecule has 1 fully saturated rings. The van der Waals surface area contributed by atoms with Crippen LogP contribution in [0.4, 0.5) is 10.5 Å². The molecule has 130 valence electrons. The molecule has 7 nitrogen and oxygen atoms in total. The molecule has 0 radical (unpaired) electrons. The Morgan fingerprint density at radius 1 is 1.42 bits per heavy atom. The van der Waals surface area contributed by atoms with Crippen molar-refractivity contribution < 1.29 is 9.32 Å².